The highest BCUT2D eigenvalue weighted by atomic mass is 35.5. The Labute approximate surface area is 80.2 Å². The van der Waals surface area contributed by atoms with Gasteiger partial charge in [0.1, 0.15) is 0 Å². The molecular weight excluding hydrogens is 170 g/mol. The first-order valence-electron chi connectivity index (χ1n) is 5.30. The molecule has 1 aliphatic heterocycles. The van der Waals surface area contributed by atoms with Gasteiger partial charge in [-0.25, -0.2) is 4.42 Å². The standard InChI is InChI=1S/C10H18ClN/c11-12-8-4-3-7-10(12)9-5-1-2-6-9/h9-10H,1-8H2. The highest BCUT2D eigenvalue weighted by Crippen LogP contribution is 2.35. The van der Waals surface area contributed by atoms with E-state index >= 15 is 0 Å². The lowest BCUT2D eigenvalue weighted by atomic mass is 9.91. The molecule has 0 radical (unpaired) electrons. The SMILES string of the molecule is ClN1CCCCC1C1CCCC1. The second-order valence-electron chi connectivity index (χ2n) is 4.23. The van der Waals surface area contributed by atoms with Crippen LogP contribution in [0, 0.1) is 5.92 Å². The average molecular weight is 188 g/mol. The van der Waals surface area contributed by atoms with E-state index in [9.17, 15) is 0 Å². The van der Waals surface area contributed by atoms with E-state index < -0.39 is 0 Å². The van der Waals surface area contributed by atoms with Crippen molar-refractivity contribution >= 4 is 11.8 Å². The zero-order valence-corrected chi connectivity index (χ0v) is 8.39. The van der Waals surface area contributed by atoms with Gasteiger partial charge in [0.25, 0.3) is 0 Å². The Hall–Kier alpha value is 0.250. The molecule has 0 aromatic rings. The summed E-state index contributed by atoms with van der Waals surface area (Å²) in [6.07, 6.45) is 9.75. The van der Waals surface area contributed by atoms with Crippen molar-refractivity contribution in [2.45, 2.75) is 51.0 Å². The van der Waals surface area contributed by atoms with Crippen LogP contribution in [-0.4, -0.2) is 17.0 Å². The Morgan fingerprint density at radius 1 is 0.917 bits per heavy atom. The van der Waals surface area contributed by atoms with E-state index in [1.807, 2.05) is 0 Å². The molecule has 0 spiro atoms. The first-order chi connectivity index (χ1) is 5.88. The number of nitrogens with zero attached hydrogens (tertiary/aromatic N) is 1. The van der Waals surface area contributed by atoms with Crippen LogP contribution in [0.2, 0.25) is 0 Å². The topological polar surface area (TPSA) is 3.24 Å². The summed E-state index contributed by atoms with van der Waals surface area (Å²) in [6, 6.07) is 0.711. The molecule has 1 heterocycles. The van der Waals surface area contributed by atoms with Crippen LogP contribution in [0.5, 0.6) is 0 Å². The van der Waals surface area contributed by atoms with Crippen LogP contribution in [0.15, 0.2) is 0 Å². The van der Waals surface area contributed by atoms with Gasteiger partial charge >= 0.3 is 0 Å². The molecule has 2 fully saturated rings. The molecule has 0 aromatic carbocycles. The van der Waals surface area contributed by atoms with Gasteiger partial charge in [-0.1, -0.05) is 19.3 Å². The van der Waals surface area contributed by atoms with E-state index in [1.165, 1.54) is 44.9 Å². The van der Waals surface area contributed by atoms with E-state index in [1.54, 1.807) is 0 Å². The molecule has 1 saturated heterocycles. The Morgan fingerprint density at radius 3 is 2.25 bits per heavy atom. The summed E-state index contributed by atoms with van der Waals surface area (Å²) in [5.41, 5.74) is 0. The summed E-state index contributed by atoms with van der Waals surface area (Å²) < 4.78 is 2.08. The molecule has 1 unspecified atom stereocenters. The fraction of sp³-hybridized carbons (Fsp3) is 1.00. The molecule has 2 rings (SSSR count). The van der Waals surface area contributed by atoms with Crippen molar-refractivity contribution in [3.63, 3.8) is 0 Å². The maximum atomic E-state index is 6.20. The number of rotatable bonds is 1. The Bertz CT molecular complexity index is 143. The van der Waals surface area contributed by atoms with Gasteiger partial charge in [-0.05, 0) is 43.4 Å². The predicted molar refractivity (Wildman–Crippen MR) is 52.2 cm³/mol. The van der Waals surface area contributed by atoms with Crippen molar-refractivity contribution < 1.29 is 0 Å². The van der Waals surface area contributed by atoms with E-state index in [-0.39, 0.29) is 0 Å². The summed E-state index contributed by atoms with van der Waals surface area (Å²) in [6.45, 7) is 1.11. The smallest absolute Gasteiger partial charge is 0.0279 e. The van der Waals surface area contributed by atoms with E-state index in [4.69, 9.17) is 11.8 Å². The molecule has 0 N–H and O–H groups in total. The molecule has 70 valence electrons. The maximum absolute atomic E-state index is 6.20. The van der Waals surface area contributed by atoms with Gasteiger partial charge in [0, 0.05) is 12.6 Å². The molecule has 1 aliphatic carbocycles. The monoisotopic (exact) mass is 187 g/mol. The largest absolute Gasteiger partial charge is 0.217 e. The van der Waals surface area contributed by atoms with Gasteiger partial charge in [-0.3, -0.25) is 0 Å². The summed E-state index contributed by atoms with van der Waals surface area (Å²) in [5.74, 6) is 0.919. The first-order valence-corrected chi connectivity index (χ1v) is 5.64. The Kier molecular flexibility index (Phi) is 2.92. The highest BCUT2D eigenvalue weighted by molar-refractivity contribution is 6.13. The lowest BCUT2D eigenvalue weighted by Gasteiger charge is -2.34. The van der Waals surface area contributed by atoms with E-state index in [0.717, 1.165) is 12.5 Å². The lowest BCUT2D eigenvalue weighted by molar-refractivity contribution is 0.192. The van der Waals surface area contributed by atoms with E-state index in [0.29, 0.717) is 6.04 Å². The molecule has 0 aromatic heterocycles. The molecule has 2 heteroatoms. The van der Waals surface area contributed by atoms with Crippen molar-refractivity contribution in [1.82, 2.24) is 4.42 Å². The fourth-order valence-electron chi connectivity index (χ4n) is 2.73. The molecule has 2 aliphatic rings. The highest BCUT2D eigenvalue weighted by Gasteiger charge is 2.30. The van der Waals surface area contributed by atoms with Crippen LogP contribution < -0.4 is 0 Å². The molecule has 1 atom stereocenters. The minimum absolute atomic E-state index is 0.711. The zero-order chi connectivity index (χ0) is 8.39. The number of piperidine rings is 1. The molecule has 0 amide bonds. The molecule has 1 saturated carbocycles. The second kappa shape index (κ2) is 3.97. The van der Waals surface area contributed by atoms with Gasteiger partial charge in [0.15, 0.2) is 0 Å². The van der Waals surface area contributed by atoms with E-state index in [2.05, 4.69) is 4.42 Å². The van der Waals surface area contributed by atoms with Gasteiger partial charge in [0.05, 0.1) is 0 Å². The van der Waals surface area contributed by atoms with Crippen LogP contribution in [-0.2, 0) is 0 Å². The van der Waals surface area contributed by atoms with Crippen molar-refractivity contribution in [3.8, 4) is 0 Å². The van der Waals surface area contributed by atoms with Crippen LogP contribution in [0.25, 0.3) is 0 Å². The van der Waals surface area contributed by atoms with Crippen molar-refractivity contribution in [3.05, 3.63) is 0 Å². The lowest BCUT2D eigenvalue weighted by Crippen LogP contribution is -2.37. The molecule has 12 heavy (non-hydrogen) atoms. The van der Waals surface area contributed by atoms with Crippen LogP contribution >= 0.6 is 11.8 Å². The summed E-state index contributed by atoms with van der Waals surface area (Å²) >= 11 is 6.20. The van der Waals surface area contributed by atoms with Crippen molar-refractivity contribution in [2.24, 2.45) is 5.92 Å². The summed E-state index contributed by atoms with van der Waals surface area (Å²) in [4.78, 5) is 0. The summed E-state index contributed by atoms with van der Waals surface area (Å²) in [7, 11) is 0. The predicted octanol–water partition coefficient (Wildman–Crippen LogP) is 3.18. The van der Waals surface area contributed by atoms with Crippen molar-refractivity contribution in [1.29, 1.82) is 0 Å². The number of halogens is 1. The van der Waals surface area contributed by atoms with Crippen LogP contribution in [0.1, 0.15) is 44.9 Å². The third kappa shape index (κ3) is 1.77. The Balaban J connectivity index is 1.91. The fourth-order valence-corrected chi connectivity index (χ4v) is 3.11. The second-order valence-corrected chi connectivity index (χ2v) is 4.67. The molecule has 0 bridgehead atoms. The minimum Gasteiger partial charge on any atom is -0.217 e. The quantitative estimate of drug-likeness (QED) is 0.570. The van der Waals surface area contributed by atoms with Crippen LogP contribution in [0.3, 0.4) is 0 Å². The van der Waals surface area contributed by atoms with Crippen LogP contribution in [0.4, 0.5) is 0 Å². The van der Waals surface area contributed by atoms with Gasteiger partial charge < -0.3 is 0 Å². The minimum atomic E-state index is 0.711. The van der Waals surface area contributed by atoms with Gasteiger partial charge in [0.2, 0.25) is 0 Å². The average Bonchev–Trinajstić information content (AvgIpc) is 2.57. The molecule has 1 nitrogen and oxygen atoms in total. The van der Waals surface area contributed by atoms with Crippen molar-refractivity contribution in [2.75, 3.05) is 6.54 Å². The first kappa shape index (κ1) is 8.83. The van der Waals surface area contributed by atoms with Gasteiger partial charge in [-0.2, -0.15) is 0 Å². The summed E-state index contributed by atoms with van der Waals surface area (Å²) in [5, 5.41) is 0. The number of hydrogen-bond acceptors (Lipinski definition) is 1. The third-order valence-electron chi connectivity index (χ3n) is 3.43. The van der Waals surface area contributed by atoms with Gasteiger partial charge in [-0.15, -0.1) is 0 Å². The Morgan fingerprint density at radius 2 is 1.58 bits per heavy atom. The maximum Gasteiger partial charge on any atom is 0.0279 e. The number of hydrogen-bond donors (Lipinski definition) is 0. The zero-order valence-electron chi connectivity index (χ0n) is 7.64. The normalized spacial score (nSPS) is 34.2. The third-order valence-corrected chi connectivity index (χ3v) is 3.85. The molecular formula is C10H18ClN.